The number of nitrogens with two attached hydrogens (primary N) is 1. The van der Waals surface area contributed by atoms with Crippen LogP contribution in [0, 0.1) is 0 Å². The van der Waals surface area contributed by atoms with Gasteiger partial charge in [-0.15, -0.1) is 0 Å². The van der Waals surface area contributed by atoms with Crippen LogP contribution in [-0.2, 0) is 9.53 Å². The van der Waals surface area contributed by atoms with Crippen LogP contribution in [0.4, 0.5) is 0 Å². The summed E-state index contributed by atoms with van der Waals surface area (Å²) in [7, 11) is 0. The average Bonchev–Trinajstić information content (AvgIpc) is 2.02. The zero-order valence-corrected chi connectivity index (χ0v) is 8.71. The van der Waals surface area contributed by atoms with Crippen molar-refractivity contribution in [3.8, 4) is 0 Å². The highest BCUT2D eigenvalue weighted by atomic mass is 16.5. The maximum Gasteiger partial charge on any atom is 0.307 e. The molecule has 0 spiro atoms. The fourth-order valence-electron chi connectivity index (χ4n) is 1.04. The summed E-state index contributed by atoms with van der Waals surface area (Å²) in [6.45, 7) is 4.51. The molecule has 0 heterocycles. The predicted molar refractivity (Wildman–Crippen MR) is 53.4 cm³/mol. The van der Waals surface area contributed by atoms with Crippen molar-refractivity contribution in [1.29, 1.82) is 0 Å². The largest absolute Gasteiger partial charge is 0.466 e. The molecule has 0 fully saturated rings. The molecule has 0 aliphatic heterocycles. The number of hydrogen-bond acceptors (Lipinski definition) is 3. The molecule has 0 aliphatic rings. The molecule has 2 N–H and O–H groups in total. The van der Waals surface area contributed by atoms with Crippen molar-refractivity contribution in [3.05, 3.63) is 0 Å². The minimum absolute atomic E-state index is 0.0943. The van der Waals surface area contributed by atoms with Gasteiger partial charge in [-0.1, -0.05) is 26.2 Å². The highest BCUT2D eigenvalue weighted by Gasteiger charge is 2.05. The number of carbonyl (C=O) groups is 1. The first-order valence-electron chi connectivity index (χ1n) is 5.08. The van der Waals surface area contributed by atoms with Gasteiger partial charge in [-0.3, -0.25) is 4.79 Å². The van der Waals surface area contributed by atoms with Gasteiger partial charge in [-0.2, -0.15) is 0 Å². The Morgan fingerprint density at radius 2 is 2.08 bits per heavy atom. The van der Waals surface area contributed by atoms with Crippen molar-refractivity contribution >= 4 is 5.97 Å². The first-order valence-corrected chi connectivity index (χ1v) is 5.08. The molecule has 0 radical (unpaired) electrons. The molecule has 0 aromatic carbocycles. The molecular formula is C10H21NO2. The van der Waals surface area contributed by atoms with Crippen molar-refractivity contribution in [2.24, 2.45) is 5.73 Å². The normalized spacial score (nSPS) is 12.5. The topological polar surface area (TPSA) is 52.3 Å². The molecule has 1 unspecified atom stereocenters. The van der Waals surface area contributed by atoms with Crippen LogP contribution in [0.5, 0.6) is 0 Å². The summed E-state index contributed by atoms with van der Waals surface area (Å²) in [5.41, 5.74) is 5.44. The smallest absolute Gasteiger partial charge is 0.307 e. The number of carbonyl (C=O) groups excluding carboxylic acids is 1. The van der Waals surface area contributed by atoms with Crippen LogP contribution in [0.3, 0.4) is 0 Å². The van der Waals surface area contributed by atoms with E-state index >= 15 is 0 Å². The molecule has 0 rings (SSSR count). The Morgan fingerprint density at radius 3 is 2.62 bits per heavy atom. The monoisotopic (exact) mass is 187 g/mol. The second kappa shape index (κ2) is 8.05. The third-order valence-corrected chi connectivity index (χ3v) is 1.75. The number of esters is 1. The SMILES string of the molecule is CCCCCCOC(=O)CC(C)N. The van der Waals surface area contributed by atoms with Crippen LogP contribution in [0.1, 0.15) is 46.0 Å². The second-order valence-corrected chi connectivity index (χ2v) is 3.46. The van der Waals surface area contributed by atoms with Gasteiger partial charge in [0.1, 0.15) is 0 Å². The van der Waals surface area contributed by atoms with E-state index in [9.17, 15) is 4.79 Å². The molecule has 78 valence electrons. The van der Waals surface area contributed by atoms with Gasteiger partial charge in [0.25, 0.3) is 0 Å². The van der Waals surface area contributed by atoms with E-state index in [1.54, 1.807) is 6.92 Å². The van der Waals surface area contributed by atoms with Crippen molar-refractivity contribution < 1.29 is 9.53 Å². The minimum Gasteiger partial charge on any atom is -0.466 e. The third kappa shape index (κ3) is 9.34. The van der Waals surface area contributed by atoms with E-state index in [2.05, 4.69) is 6.92 Å². The molecule has 1 atom stereocenters. The van der Waals surface area contributed by atoms with Crippen LogP contribution < -0.4 is 5.73 Å². The van der Waals surface area contributed by atoms with Gasteiger partial charge < -0.3 is 10.5 Å². The van der Waals surface area contributed by atoms with E-state index in [1.807, 2.05) is 0 Å². The van der Waals surface area contributed by atoms with Crippen molar-refractivity contribution in [1.82, 2.24) is 0 Å². The van der Waals surface area contributed by atoms with E-state index in [0.717, 1.165) is 12.8 Å². The molecular weight excluding hydrogens is 166 g/mol. The predicted octanol–water partition coefficient (Wildman–Crippen LogP) is 1.85. The lowest BCUT2D eigenvalue weighted by Gasteiger charge is -2.05. The highest BCUT2D eigenvalue weighted by molar-refractivity contribution is 5.69. The first kappa shape index (κ1) is 12.4. The molecule has 0 aliphatic carbocycles. The molecule has 3 heteroatoms. The summed E-state index contributed by atoms with van der Waals surface area (Å²) >= 11 is 0. The summed E-state index contributed by atoms with van der Waals surface area (Å²) in [4.78, 5) is 11.0. The standard InChI is InChI=1S/C10H21NO2/c1-3-4-5-6-7-13-10(12)8-9(2)11/h9H,3-8,11H2,1-2H3. The Hall–Kier alpha value is -0.570. The minimum atomic E-state index is -0.175. The summed E-state index contributed by atoms with van der Waals surface area (Å²) in [5, 5.41) is 0. The fraction of sp³-hybridized carbons (Fsp3) is 0.900. The van der Waals surface area contributed by atoms with Crippen LogP contribution >= 0.6 is 0 Å². The molecule has 0 amide bonds. The second-order valence-electron chi connectivity index (χ2n) is 3.46. The van der Waals surface area contributed by atoms with Gasteiger partial charge >= 0.3 is 5.97 Å². The molecule has 3 nitrogen and oxygen atoms in total. The van der Waals surface area contributed by atoms with Crippen LogP contribution in [0.2, 0.25) is 0 Å². The molecule has 0 aromatic rings. The molecule has 0 bridgehead atoms. The van der Waals surface area contributed by atoms with Crippen molar-refractivity contribution in [2.75, 3.05) is 6.61 Å². The Kier molecular flexibility index (Phi) is 7.69. The number of hydrogen-bond donors (Lipinski definition) is 1. The molecule has 13 heavy (non-hydrogen) atoms. The first-order chi connectivity index (χ1) is 6.16. The fourth-order valence-corrected chi connectivity index (χ4v) is 1.04. The van der Waals surface area contributed by atoms with Crippen molar-refractivity contribution in [2.45, 2.75) is 52.0 Å². The lowest BCUT2D eigenvalue weighted by Crippen LogP contribution is -2.21. The van der Waals surface area contributed by atoms with E-state index in [1.165, 1.54) is 12.8 Å². The van der Waals surface area contributed by atoms with E-state index in [4.69, 9.17) is 10.5 Å². The zero-order valence-electron chi connectivity index (χ0n) is 8.71. The average molecular weight is 187 g/mol. The van der Waals surface area contributed by atoms with E-state index < -0.39 is 0 Å². The van der Waals surface area contributed by atoms with Crippen molar-refractivity contribution in [3.63, 3.8) is 0 Å². The van der Waals surface area contributed by atoms with E-state index in [-0.39, 0.29) is 12.0 Å². The van der Waals surface area contributed by atoms with Crippen LogP contribution in [-0.4, -0.2) is 18.6 Å². The summed E-state index contributed by atoms with van der Waals surface area (Å²) < 4.78 is 4.98. The van der Waals surface area contributed by atoms with Gasteiger partial charge in [-0.05, 0) is 13.3 Å². The van der Waals surface area contributed by atoms with Gasteiger partial charge in [0.2, 0.25) is 0 Å². The maximum atomic E-state index is 11.0. The Bertz CT molecular complexity index is 135. The lowest BCUT2D eigenvalue weighted by molar-refractivity contribution is -0.144. The maximum absolute atomic E-state index is 11.0. The third-order valence-electron chi connectivity index (χ3n) is 1.75. The summed E-state index contributed by atoms with van der Waals surface area (Å²) in [6.07, 6.45) is 4.85. The van der Waals surface area contributed by atoms with Crippen LogP contribution in [0.25, 0.3) is 0 Å². The summed E-state index contributed by atoms with van der Waals surface area (Å²) in [6, 6.07) is -0.0943. The quantitative estimate of drug-likeness (QED) is 0.489. The van der Waals surface area contributed by atoms with Crippen LogP contribution in [0.15, 0.2) is 0 Å². The van der Waals surface area contributed by atoms with Gasteiger partial charge in [-0.25, -0.2) is 0 Å². The Morgan fingerprint density at radius 1 is 1.38 bits per heavy atom. The Balaban J connectivity index is 3.17. The molecule has 0 saturated carbocycles. The number of rotatable bonds is 7. The number of unbranched alkanes of at least 4 members (excludes halogenated alkanes) is 3. The van der Waals surface area contributed by atoms with Gasteiger partial charge in [0, 0.05) is 6.04 Å². The molecule has 0 aromatic heterocycles. The highest BCUT2D eigenvalue weighted by Crippen LogP contribution is 2.00. The zero-order chi connectivity index (χ0) is 10.1. The Labute approximate surface area is 80.6 Å². The molecule has 0 saturated heterocycles. The van der Waals surface area contributed by atoms with Gasteiger partial charge in [0.15, 0.2) is 0 Å². The summed E-state index contributed by atoms with van der Waals surface area (Å²) in [5.74, 6) is -0.175. The van der Waals surface area contributed by atoms with E-state index in [0.29, 0.717) is 13.0 Å². The van der Waals surface area contributed by atoms with Gasteiger partial charge in [0.05, 0.1) is 13.0 Å². The number of ether oxygens (including phenoxy) is 1. The lowest BCUT2D eigenvalue weighted by atomic mass is 10.2.